The van der Waals surface area contributed by atoms with Gasteiger partial charge in [0.15, 0.2) is 0 Å². The topological polar surface area (TPSA) is 83.0 Å². The molecule has 0 atom stereocenters. The third-order valence-corrected chi connectivity index (χ3v) is 3.39. The van der Waals surface area contributed by atoms with Gasteiger partial charge in [0.05, 0.1) is 21.3 Å². The number of aromatic nitrogens is 2. The number of pyridine rings is 1. The van der Waals surface area contributed by atoms with Crippen LogP contribution in [0, 0.1) is 13.8 Å². The fraction of sp³-hybridized carbons (Fsp3) is 0.182. The number of H-pyrrole nitrogens is 1. The minimum absolute atomic E-state index is 0.257. The molecule has 0 saturated heterocycles. The molecule has 0 radical (unpaired) electrons. The van der Waals surface area contributed by atoms with Crippen LogP contribution >= 0.6 is 11.3 Å². The SMILES string of the molecule is Cc1nc(C)c(-c2ccc(C(=O)O)c(=O)[nH]2)s1. The molecule has 2 rings (SSSR count). The monoisotopic (exact) mass is 250 g/mol. The molecular weight excluding hydrogens is 240 g/mol. The molecule has 2 N–H and O–H groups in total. The fourth-order valence-electron chi connectivity index (χ4n) is 1.56. The lowest BCUT2D eigenvalue weighted by atomic mass is 10.2. The predicted molar refractivity (Wildman–Crippen MR) is 64.6 cm³/mol. The molecule has 0 saturated carbocycles. The van der Waals surface area contributed by atoms with Crippen LogP contribution in [0.25, 0.3) is 10.6 Å². The van der Waals surface area contributed by atoms with Crippen molar-refractivity contribution in [3.63, 3.8) is 0 Å². The number of nitrogens with one attached hydrogen (secondary N) is 1. The quantitative estimate of drug-likeness (QED) is 0.851. The number of carboxylic acids is 1. The number of aromatic amines is 1. The molecule has 0 spiro atoms. The minimum atomic E-state index is -1.23. The maximum Gasteiger partial charge on any atom is 0.341 e. The van der Waals surface area contributed by atoms with Crippen LogP contribution in [-0.4, -0.2) is 21.0 Å². The Labute approximate surface area is 101 Å². The Kier molecular flexibility index (Phi) is 2.81. The van der Waals surface area contributed by atoms with E-state index in [1.54, 1.807) is 6.07 Å². The summed E-state index contributed by atoms with van der Waals surface area (Å²) in [6, 6.07) is 2.90. The van der Waals surface area contributed by atoms with Crippen LogP contribution in [-0.2, 0) is 0 Å². The Bertz CT molecular complexity index is 642. The van der Waals surface area contributed by atoms with E-state index in [1.807, 2.05) is 13.8 Å². The van der Waals surface area contributed by atoms with Crippen LogP contribution in [0.4, 0.5) is 0 Å². The van der Waals surface area contributed by atoms with E-state index in [0.717, 1.165) is 15.6 Å². The molecule has 0 unspecified atom stereocenters. The number of carboxylic acid groups (broad SMARTS) is 1. The van der Waals surface area contributed by atoms with Crippen molar-refractivity contribution >= 4 is 17.3 Å². The van der Waals surface area contributed by atoms with Crippen LogP contribution in [0.2, 0.25) is 0 Å². The summed E-state index contributed by atoms with van der Waals surface area (Å²) in [6.45, 7) is 3.73. The summed E-state index contributed by atoms with van der Waals surface area (Å²) in [7, 11) is 0. The van der Waals surface area contributed by atoms with Gasteiger partial charge in [0.25, 0.3) is 5.56 Å². The van der Waals surface area contributed by atoms with Crippen molar-refractivity contribution < 1.29 is 9.90 Å². The van der Waals surface area contributed by atoms with Gasteiger partial charge in [-0.25, -0.2) is 9.78 Å². The Morgan fingerprint density at radius 2 is 2.12 bits per heavy atom. The lowest BCUT2D eigenvalue weighted by Gasteiger charge is -1.99. The van der Waals surface area contributed by atoms with Gasteiger partial charge in [-0.05, 0) is 26.0 Å². The zero-order valence-electron chi connectivity index (χ0n) is 9.27. The molecule has 2 aromatic rings. The van der Waals surface area contributed by atoms with Crippen molar-refractivity contribution in [3.8, 4) is 10.6 Å². The number of aromatic carboxylic acids is 1. The van der Waals surface area contributed by atoms with Crippen molar-refractivity contribution in [2.75, 3.05) is 0 Å². The molecule has 6 heteroatoms. The molecule has 2 aromatic heterocycles. The Morgan fingerprint density at radius 3 is 2.59 bits per heavy atom. The van der Waals surface area contributed by atoms with E-state index in [2.05, 4.69) is 9.97 Å². The summed E-state index contributed by atoms with van der Waals surface area (Å²) >= 11 is 1.46. The highest BCUT2D eigenvalue weighted by Gasteiger charge is 2.12. The van der Waals surface area contributed by atoms with Crippen molar-refractivity contribution in [1.82, 2.24) is 9.97 Å². The average Bonchev–Trinajstić information content (AvgIpc) is 2.57. The van der Waals surface area contributed by atoms with Gasteiger partial charge in [-0.3, -0.25) is 4.79 Å². The van der Waals surface area contributed by atoms with E-state index in [4.69, 9.17) is 5.11 Å². The smallest absolute Gasteiger partial charge is 0.341 e. The summed E-state index contributed by atoms with van der Waals surface area (Å²) < 4.78 is 0. The van der Waals surface area contributed by atoms with Crippen LogP contribution < -0.4 is 5.56 Å². The molecule has 0 aliphatic carbocycles. The second kappa shape index (κ2) is 4.14. The molecule has 17 heavy (non-hydrogen) atoms. The van der Waals surface area contributed by atoms with Gasteiger partial charge >= 0.3 is 5.97 Å². The number of nitrogens with zero attached hydrogens (tertiary/aromatic N) is 1. The second-order valence-corrected chi connectivity index (χ2v) is 4.77. The van der Waals surface area contributed by atoms with Crippen molar-refractivity contribution in [1.29, 1.82) is 0 Å². The number of hydrogen-bond donors (Lipinski definition) is 2. The second-order valence-electron chi connectivity index (χ2n) is 3.57. The standard InChI is InChI=1S/C11H10N2O3S/c1-5-9(17-6(2)12-5)8-4-3-7(11(15)16)10(14)13-8/h3-4H,1-2H3,(H,13,14)(H,15,16). The molecule has 0 aliphatic rings. The first kappa shape index (κ1) is 11.5. The number of thiazole rings is 1. The van der Waals surface area contributed by atoms with Crippen LogP contribution in [0.3, 0.4) is 0 Å². The van der Waals surface area contributed by atoms with Gasteiger partial charge in [0.2, 0.25) is 0 Å². The Balaban J connectivity index is 2.56. The predicted octanol–water partition coefficient (Wildman–Crippen LogP) is 1.81. The molecule has 0 fully saturated rings. The summed E-state index contributed by atoms with van der Waals surface area (Å²) in [5.41, 5.74) is 0.572. The average molecular weight is 250 g/mol. The first-order chi connectivity index (χ1) is 7.99. The Morgan fingerprint density at radius 1 is 1.41 bits per heavy atom. The van der Waals surface area contributed by atoms with Crippen LogP contribution in [0.1, 0.15) is 21.1 Å². The lowest BCUT2D eigenvalue weighted by molar-refractivity contribution is 0.0695. The molecule has 0 amide bonds. The number of aryl methyl sites for hydroxylation is 2. The zero-order valence-corrected chi connectivity index (χ0v) is 10.1. The summed E-state index contributed by atoms with van der Waals surface area (Å²) in [4.78, 5) is 29.9. The maximum absolute atomic E-state index is 11.5. The summed E-state index contributed by atoms with van der Waals surface area (Å²) in [6.07, 6.45) is 0. The maximum atomic E-state index is 11.5. The van der Waals surface area contributed by atoms with E-state index in [1.165, 1.54) is 17.4 Å². The lowest BCUT2D eigenvalue weighted by Crippen LogP contribution is -2.17. The highest BCUT2D eigenvalue weighted by Crippen LogP contribution is 2.27. The van der Waals surface area contributed by atoms with Gasteiger partial charge in [-0.15, -0.1) is 11.3 Å². The van der Waals surface area contributed by atoms with Gasteiger partial charge < -0.3 is 10.1 Å². The number of hydrogen-bond acceptors (Lipinski definition) is 4. The third-order valence-electron chi connectivity index (χ3n) is 2.29. The van der Waals surface area contributed by atoms with E-state index < -0.39 is 11.5 Å². The van der Waals surface area contributed by atoms with E-state index in [0.29, 0.717) is 5.69 Å². The third kappa shape index (κ3) is 2.12. The van der Waals surface area contributed by atoms with Crippen LogP contribution in [0.15, 0.2) is 16.9 Å². The van der Waals surface area contributed by atoms with Gasteiger partial charge in [-0.2, -0.15) is 0 Å². The number of rotatable bonds is 2. The first-order valence-corrected chi connectivity index (χ1v) is 5.71. The van der Waals surface area contributed by atoms with Crippen molar-refractivity contribution in [2.24, 2.45) is 0 Å². The Hall–Kier alpha value is -1.95. The van der Waals surface area contributed by atoms with E-state index >= 15 is 0 Å². The van der Waals surface area contributed by atoms with Gasteiger partial charge in [0, 0.05) is 0 Å². The molecule has 2 heterocycles. The van der Waals surface area contributed by atoms with Crippen LogP contribution in [0.5, 0.6) is 0 Å². The molecule has 5 nitrogen and oxygen atoms in total. The van der Waals surface area contributed by atoms with E-state index in [9.17, 15) is 9.59 Å². The molecular formula is C11H10N2O3S. The summed E-state index contributed by atoms with van der Waals surface area (Å²) in [5, 5.41) is 9.66. The van der Waals surface area contributed by atoms with Gasteiger partial charge in [0.1, 0.15) is 5.56 Å². The summed E-state index contributed by atoms with van der Waals surface area (Å²) in [5.74, 6) is -1.23. The minimum Gasteiger partial charge on any atom is -0.477 e. The van der Waals surface area contributed by atoms with Crippen molar-refractivity contribution in [3.05, 3.63) is 38.8 Å². The molecule has 0 aromatic carbocycles. The highest BCUT2D eigenvalue weighted by atomic mass is 32.1. The number of carbonyl (C=O) groups is 1. The highest BCUT2D eigenvalue weighted by molar-refractivity contribution is 7.15. The first-order valence-electron chi connectivity index (χ1n) is 4.90. The van der Waals surface area contributed by atoms with Gasteiger partial charge in [-0.1, -0.05) is 0 Å². The normalized spacial score (nSPS) is 10.5. The molecule has 0 aliphatic heterocycles. The fourth-order valence-corrected chi connectivity index (χ4v) is 2.46. The zero-order chi connectivity index (χ0) is 12.6. The molecule has 0 bridgehead atoms. The van der Waals surface area contributed by atoms with E-state index in [-0.39, 0.29) is 5.56 Å². The van der Waals surface area contributed by atoms with Crippen molar-refractivity contribution in [2.45, 2.75) is 13.8 Å². The molecule has 88 valence electrons. The largest absolute Gasteiger partial charge is 0.477 e.